The molecule has 0 aliphatic heterocycles. The fraction of sp³-hybridized carbons (Fsp3) is 0.357. The molecule has 1 aliphatic carbocycles. The Hall–Kier alpha value is -1.28. The van der Waals surface area contributed by atoms with Gasteiger partial charge in [0.2, 0.25) is 10.0 Å². The first-order chi connectivity index (χ1) is 10.1. The third-order valence-electron chi connectivity index (χ3n) is 3.30. The highest BCUT2D eigenvalue weighted by atomic mass is 32.2. The van der Waals surface area contributed by atoms with Crippen molar-refractivity contribution in [3.8, 4) is 0 Å². The van der Waals surface area contributed by atoms with Crippen LogP contribution in [0.1, 0.15) is 23.3 Å². The molecule has 2 heterocycles. The van der Waals surface area contributed by atoms with E-state index in [1.165, 1.54) is 24.2 Å². The molecule has 112 valence electrons. The molecule has 2 N–H and O–H groups in total. The van der Waals surface area contributed by atoms with Crippen molar-refractivity contribution in [3.05, 3.63) is 46.4 Å². The number of hydrogen-bond acceptors (Lipinski definition) is 5. The second-order valence-electron chi connectivity index (χ2n) is 5.08. The quantitative estimate of drug-likeness (QED) is 0.816. The summed E-state index contributed by atoms with van der Waals surface area (Å²) in [6.07, 6.45) is 5.75. The molecule has 0 unspecified atom stereocenters. The van der Waals surface area contributed by atoms with Gasteiger partial charge in [-0.3, -0.25) is 4.98 Å². The fourth-order valence-corrected chi connectivity index (χ4v) is 4.13. The maximum absolute atomic E-state index is 12.2. The number of sulfonamides is 1. The van der Waals surface area contributed by atoms with Crippen LogP contribution in [0.2, 0.25) is 0 Å². The third-order valence-corrected chi connectivity index (χ3v) is 5.76. The first-order valence-corrected chi connectivity index (χ1v) is 9.19. The van der Waals surface area contributed by atoms with Crippen LogP contribution in [0, 0.1) is 0 Å². The fourth-order valence-electron chi connectivity index (χ4n) is 1.89. The van der Waals surface area contributed by atoms with Gasteiger partial charge in [0.25, 0.3) is 0 Å². The van der Waals surface area contributed by atoms with Crippen molar-refractivity contribution in [2.24, 2.45) is 0 Å². The molecule has 7 heteroatoms. The van der Waals surface area contributed by atoms with Crippen LogP contribution in [-0.2, 0) is 23.1 Å². The smallest absolute Gasteiger partial charge is 0.241 e. The maximum atomic E-state index is 12.2. The van der Waals surface area contributed by atoms with Crippen molar-refractivity contribution >= 4 is 21.4 Å². The van der Waals surface area contributed by atoms with Gasteiger partial charge in [0.1, 0.15) is 0 Å². The lowest BCUT2D eigenvalue weighted by atomic mass is 10.3. The molecule has 1 saturated carbocycles. The van der Waals surface area contributed by atoms with Crippen molar-refractivity contribution < 1.29 is 8.42 Å². The maximum Gasteiger partial charge on any atom is 0.241 e. The number of rotatable bonds is 7. The average Bonchev–Trinajstić information content (AvgIpc) is 3.20. The Morgan fingerprint density at radius 1 is 1.24 bits per heavy atom. The highest BCUT2D eigenvalue weighted by molar-refractivity contribution is 7.89. The second kappa shape index (κ2) is 6.23. The lowest BCUT2D eigenvalue weighted by Gasteiger charge is -2.04. The molecule has 0 aromatic carbocycles. The molecule has 0 amide bonds. The minimum atomic E-state index is -3.45. The number of aromatic nitrogens is 1. The van der Waals surface area contributed by atoms with Crippen LogP contribution in [0.3, 0.4) is 0 Å². The van der Waals surface area contributed by atoms with E-state index in [4.69, 9.17) is 0 Å². The van der Waals surface area contributed by atoms with E-state index in [0.29, 0.717) is 10.9 Å². The van der Waals surface area contributed by atoms with Crippen LogP contribution in [0.25, 0.3) is 0 Å². The SMILES string of the molecule is O=S(=O)(NCc1ccncc1)c1csc(CNC2CC2)c1. The Balaban J connectivity index is 1.61. The highest BCUT2D eigenvalue weighted by Gasteiger charge is 2.21. The number of hydrogen-bond donors (Lipinski definition) is 2. The average molecular weight is 323 g/mol. The summed E-state index contributed by atoms with van der Waals surface area (Å²) in [4.78, 5) is 5.30. The number of thiophene rings is 1. The summed E-state index contributed by atoms with van der Waals surface area (Å²) >= 11 is 1.48. The van der Waals surface area contributed by atoms with Gasteiger partial charge in [-0.15, -0.1) is 11.3 Å². The van der Waals surface area contributed by atoms with Crippen LogP contribution in [-0.4, -0.2) is 19.4 Å². The molecular formula is C14H17N3O2S2. The lowest BCUT2D eigenvalue weighted by Crippen LogP contribution is -2.22. The van der Waals surface area contributed by atoms with Crippen molar-refractivity contribution in [3.63, 3.8) is 0 Å². The number of pyridine rings is 1. The van der Waals surface area contributed by atoms with Crippen LogP contribution in [0.4, 0.5) is 0 Å². The Morgan fingerprint density at radius 3 is 2.71 bits per heavy atom. The predicted molar refractivity (Wildman–Crippen MR) is 82.4 cm³/mol. The molecule has 1 fully saturated rings. The van der Waals surface area contributed by atoms with Crippen LogP contribution >= 0.6 is 11.3 Å². The summed E-state index contributed by atoms with van der Waals surface area (Å²) in [5.41, 5.74) is 0.888. The van der Waals surface area contributed by atoms with Crippen molar-refractivity contribution in [1.82, 2.24) is 15.0 Å². The van der Waals surface area contributed by atoms with E-state index >= 15 is 0 Å². The molecule has 5 nitrogen and oxygen atoms in total. The van der Waals surface area contributed by atoms with Crippen molar-refractivity contribution in [2.45, 2.75) is 36.9 Å². The summed E-state index contributed by atoms with van der Waals surface area (Å²) in [5.74, 6) is 0. The molecular weight excluding hydrogens is 306 g/mol. The zero-order chi connectivity index (χ0) is 14.7. The van der Waals surface area contributed by atoms with E-state index in [-0.39, 0.29) is 6.54 Å². The molecule has 0 spiro atoms. The molecule has 0 saturated heterocycles. The van der Waals surface area contributed by atoms with Crippen molar-refractivity contribution in [1.29, 1.82) is 0 Å². The summed E-state index contributed by atoms with van der Waals surface area (Å²) in [7, 11) is -3.45. The number of nitrogens with zero attached hydrogens (tertiary/aromatic N) is 1. The Bertz CT molecular complexity index is 694. The van der Waals surface area contributed by atoms with Crippen LogP contribution in [0.15, 0.2) is 40.9 Å². The highest BCUT2D eigenvalue weighted by Crippen LogP contribution is 2.23. The Kier molecular flexibility index (Phi) is 4.34. The van der Waals surface area contributed by atoms with Gasteiger partial charge < -0.3 is 5.32 Å². The minimum absolute atomic E-state index is 0.274. The summed E-state index contributed by atoms with van der Waals surface area (Å²) < 4.78 is 27.1. The molecule has 1 aliphatic rings. The molecule has 21 heavy (non-hydrogen) atoms. The first kappa shape index (κ1) is 14.6. The predicted octanol–water partition coefficient (Wildman–Crippen LogP) is 1.87. The van der Waals surface area contributed by atoms with E-state index in [0.717, 1.165) is 17.0 Å². The molecule has 2 aromatic heterocycles. The van der Waals surface area contributed by atoms with E-state index in [2.05, 4.69) is 15.0 Å². The zero-order valence-corrected chi connectivity index (χ0v) is 13.1. The Labute approximate surface area is 128 Å². The lowest BCUT2D eigenvalue weighted by molar-refractivity contribution is 0.581. The van der Waals surface area contributed by atoms with Gasteiger partial charge in [-0.25, -0.2) is 13.1 Å². The topological polar surface area (TPSA) is 71.1 Å². The summed E-state index contributed by atoms with van der Waals surface area (Å²) in [6.45, 7) is 1.02. The second-order valence-corrected chi connectivity index (χ2v) is 7.85. The normalized spacial score (nSPS) is 15.2. The van der Waals surface area contributed by atoms with Gasteiger partial charge >= 0.3 is 0 Å². The summed E-state index contributed by atoms with van der Waals surface area (Å²) in [6, 6.07) is 5.95. The molecule has 0 atom stereocenters. The zero-order valence-electron chi connectivity index (χ0n) is 11.5. The molecule has 3 rings (SSSR count). The molecule has 0 bridgehead atoms. The molecule has 0 radical (unpaired) electrons. The van der Waals surface area contributed by atoms with Gasteiger partial charge in [-0.1, -0.05) is 0 Å². The van der Waals surface area contributed by atoms with E-state index in [1.807, 2.05) is 0 Å². The minimum Gasteiger partial charge on any atom is -0.309 e. The van der Waals surface area contributed by atoms with E-state index < -0.39 is 10.0 Å². The standard InChI is InChI=1S/C14H17N3O2S2/c18-21(19,17-8-11-3-5-15-6-4-11)14-7-13(20-10-14)9-16-12-1-2-12/h3-7,10,12,16-17H,1-2,8-9H2. The van der Waals surface area contributed by atoms with Crippen molar-refractivity contribution in [2.75, 3.05) is 0 Å². The van der Waals surface area contributed by atoms with Gasteiger partial charge in [-0.2, -0.15) is 0 Å². The van der Waals surface area contributed by atoms with Gasteiger partial charge in [-0.05, 0) is 36.6 Å². The van der Waals surface area contributed by atoms with Crippen LogP contribution in [0.5, 0.6) is 0 Å². The number of nitrogens with one attached hydrogen (secondary N) is 2. The largest absolute Gasteiger partial charge is 0.309 e. The van der Waals surface area contributed by atoms with Gasteiger partial charge in [0.05, 0.1) is 4.90 Å². The van der Waals surface area contributed by atoms with Crippen LogP contribution < -0.4 is 10.0 Å². The van der Waals surface area contributed by atoms with E-state index in [1.54, 1.807) is 36.0 Å². The van der Waals surface area contributed by atoms with Gasteiger partial charge in [0, 0.05) is 41.8 Å². The van der Waals surface area contributed by atoms with E-state index in [9.17, 15) is 8.42 Å². The monoisotopic (exact) mass is 323 g/mol. The molecule has 2 aromatic rings. The van der Waals surface area contributed by atoms with Gasteiger partial charge in [0.15, 0.2) is 0 Å². The third kappa shape index (κ3) is 4.10. The summed E-state index contributed by atoms with van der Waals surface area (Å²) in [5, 5.41) is 5.08. The Morgan fingerprint density at radius 2 is 2.00 bits per heavy atom. The first-order valence-electron chi connectivity index (χ1n) is 6.83.